The van der Waals surface area contributed by atoms with E-state index in [1.165, 1.54) is 0 Å². The minimum Gasteiger partial charge on any atom is -0.287 e. The number of thioether (sulfide) groups is 1. The summed E-state index contributed by atoms with van der Waals surface area (Å²) in [5.41, 5.74) is 0. The number of rotatable bonds is 7. The van der Waals surface area contributed by atoms with Gasteiger partial charge in [-0.05, 0) is 6.42 Å². The summed E-state index contributed by atoms with van der Waals surface area (Å²) in [4.78, 5) is 10.8. The first-order valence-corrected chi connectivity index (χ1v) is 6.23. The van der Waals surface area contributed by atoms with Gasteiger partial charge in [-0.2, -0.15) is 13.2 Å². The monoisotopic (exact) mass is 278 g/mol. The third-order valence-electron chi connectivity index (χ3n) is 1.95. The van der Waals surface area contributed by atoms with E-state index in [4.69, 9.17) is 0 Å². The molecule has 0 radical (unpaired) electrons. The molecule has 0 rings (SSSR count). The second kappa shape index (κ2) is 7.89. The van der Waals surface area contributed by atoms with Crippen LogP contribution in [0.3, 0.4) is 0 Å². The molecule has 0 bridgehead atoms. The van der Waals surface area contributed by atoms with Gasteiger partial charge in [-0.25, -0.2) is 8.78 Å². The first-order valence-electron chi connectivity index (χ1n) is 5.25. The van der Waals surface area contributed by atoms with Gasteiger partial charge in [0.25, 0.3) is 0 Å². The molecule has 2 atom stereocenters. The molecule has 0 aromatic heterocycles. The molecule has 0 aliphatic carbocycles. The molecule has 0 fully saturated rings. The molecule has 0 aromatic rings. The average molecular weight is 278 g/mol. The fraction of sp³-hybridized carbons (Fsp3) is 0.900. The van der Waals surface area contributed by atoms with E-state index in [9.17, 15) is 26.7 Å². The molecular formula is C10H15F5OS. The van der Waals surface area contributed by atoms with Crippen molar-refractivity contribution in [2.45, 2.75) is 51.1 Å². The predicted molar refractivity (Wildman–Crippen MR) is 57.5 cm³/mol. The van der Waals surface area contributed by atoms with Crippen LogP contribution in [0, 0.1) is 0 Å². The van der Waals surface area contributed by atoms with Crippen molar-refractivity contribution in [1.82, 2.24) is 0 Å². The normalized spacial score (nSPS) is 15.6. The van der Waals surface area contributed by atoms with Crippen molar-refractivity contribution in [3.05, 3.63) is 0 Å². The molecule has 102 valence electrons. The van der Waals surface area contributed by atoms with Crippen molar-refractivity contribution in [2.75, 3.05) is 5.75 Å². The highest BCUT2D eigenvalue weighted by molar-refractivity contribution is 8.13. The zero-order chi connectivity index (χ0) is 13.5. The first kappa shape index (κ1) is 16.7. The molecule has 0 spiro atoms. The van der Waals surface area contributed by atoms with E-state index < -0.39 is 31.4 Å². The molecule has 1 nitrogen and oxygen atoms in total. The van der Waals surface area contributed by atoms with Crippen molar-refractivity contribution < 1.29 is 26.7 Å². The Balaban J connectivity index is 3.71. The Kier molecular flexibility index (Phi) is 7.74. The second-order valence-corrected chi connectivity index (χ2v) is 4.76. The number of hydrogen-bond acceptors (Lipinski definition) is 2. The lowest BCUT2D eigenvalue weighted by Crippen LogP contribution is -2.19. The second-order valence-electron chi connectivity index (χ2n) is 3.61. The molecule has 0 amide bonds. The summed E-state index contributed by atoms with van der Waals surface area (Å²) in [6, 6.07) is 0. The molecule has 0 aliphatic heterocycles. The third-order valence-corrected chi connectivity index (χ3v) is 3.00. The molecule has 0 saturated carbocycles. The van der Waals surface area contributed by atoms with Crippen LogP contribution in [0.5, 0.6) is 0 Å². The zero-order valence-electron chi connectivity index (χ0n) is 9.40. The van der Waals surface area contributed by atoms with Gasteiger partial charge in [-0.3, -0.25) is 4.79 Å². The van der Waals surface area contributed by atoms with Crippen LogP contribution >= 0.6 is 11.8 Å². The number of halogens is 5. The number of carbonyl (C=O) groups is 1. The average Bonchev–Trinajstić information content (AvgIpc) is 2.13. The van der Waals surface area contributed by atoms with Crippen LogP contribution in [-0.2, 0) is 4.79 Å². The topological polar surface area (TPSA) is 17.1 Å². The van der Waals surface area contributed by atoms with E-state index in [-0.39, 0.29) is 17.3 Å². The van der Waals surface area contributed by atoms with Crippen LogP contribution in [0.4, 0.5) is 22.0 Å². The summed E-state index contributed by atoms with van der Waals surface area (Å²) in [5, 5.41) is -0.107. The van der Waals surface area contributed by atoms with Gasteiger partial charge in [0.1, 0.15) is 12.3 Å². The molecule has 7 heteroatoms. The maximum Gasteiger partial charge on any atom is 0.391 e. The van der Waals surface area contributed by atoms with E-state index in [0.29, 0.717) is 6.42 Å². The Bertz CT molecular complexity index is 231. The van der Waals surface area contributed by atoms with Gasteiger partial charge in [0.05, 0.1) is 6.42 Å². The van der Waals surface area contributed by atoms with E-state index in [0.717, 1.165) is 11.8 Å². The molecular weight excluding hydrogens is 263 g/mol. The molecule has 0 heterocycles. The van der Waals surface area contributed by atoms with Gasteiger partial charge < -0.3 is 0 Å². The summed E-state index contributed by atoms with van der Waals surface area (Å²) < 4.78 is 61.1. The molecule has 17 heavy (non-hydrogen) atoms. The molecule has 0 N–H and O–H groups in total. The highest BCUT2D eigenvalue weighted by Gasteiger charge is 2.33. The first-order chi connectivity index (χ1) is 7.74. The van der Waals surface area contributed by atoms with Gasteiger partial charge in [-0.15, -0.1) is 0 Å². The smallest absolute Gasteiger partial charge is 0.287 e. The number of hydrogen-bond donors (Lipinski definition) is 0. The summed E-state index contributed by atoms with van der Waals surface area (Å²) >= 11 is 0.921. The highest BCUT2D eigenvalue weighted by Crippen LogP contribution is 2.26. The van der Waals surface area contributed by atoms with Crippen LogP contribution in [0.1, 0.15) is 32.6 Å². The largest absolute Gasteiger partial charge is 0.391 e. The molecule has 0 aromatic carbocycles. The lowest BCUT2D eigenvalue weighted by Gasteiger charge is -2.13. The molecule has 2 unspecified atom stereocenters. The van der Waals surface area contributed by atoms with Gasteiger partial charge >= 0.3 is 6.18 Å². The number of carbonyl (C=O) groups excluding carboxylic acids is 1. The summed E-state index contributed by atoms with van der Waals surface area (Å²) in [6.07, 6.45) is -10.6. The zero-order valence-corrected chi connectivity index (χ0v) is 10.2. The quantitative estimate of drug-likeness (QED) is 0.653. The van der Waals surface area contributed by atoms with Crippen molar-refractivity contribution in [3.63, 3.8) is 0 Å². The van der Waals surface area contributed by atoms with Crippen LogP contribution in [0.2, 0.25) is 0 Å². The fourth-order valence-corrected chi connectivity index (χ4v) is 1.94. The summed E-state index contributed by atoms with van der Waals surface area (Å²) in [6.45, 7) is 1.66. The Morgan fingerprint density at radius 1 is 1.24 bits per heavy atom. The lowest BCUT2D eigenvalue weighted by molar-refractivity contribution is -0.147. The van der Waals surface area contributed by atoms with Crippen molar-refractivity contribution in [2.24, 2.45) is 0 Å². The van der Waals surface area contributed by atoms with E-state index >= 15 is 0 Å². The Morgan fingerprint density at radius 3 is 2.29 bits per heavy atom. The van der Waals surface area contributed by atoms with E-state index in [1.807, 2.05) is 0 Å². The van der Waals surface area contributed by atoms with Gasteiger partial charge in [0, 0.05) is 18.6 Å². The summed E-state index contributed by atoms with van der Waals surface area (Å²) in [7, 11) is 0. The maximum absolute atomic E-state index is 13.1. The van der Waals surface area contributed by atoms with E-state index in [2.05, 4.69) is 0 Å². The fourth-order valence-electron chi connectivity index (χ4n) is 1.13. The molecule has 0 saturated heterocycles. The predicted octanol–water partition coefficient (Wildman–Crippen LogP) is 4.07. The minimum atomic E-state index is -4.61. The third kappa shape index (κ3) is 10.5. The van der Waals surface area contributed by atoms with Gasteiger partial charge in [0.2, 0.25) is 0 Å². The highest BCUT2D eigenvalue weighted by atomic mass is 32.2. The van der Waals surface area contributed by atoms with Crippen LogP contribution in [-0.4, -0.2) is 29.4 Å². The summed E-state index contributed by atoms with van der Waals surface area (Å²) in [5.74, 6) is 0.173. The Morgan fingerprint density at radius 2 is 1.82 bits per heavy atom. The van der Waals surface area contributed by atoms with Crippen molar-refractivity contribution in [3.8, 4) is 0 Å². The standard InChI is InChI=1S/C10H15F5OS/c1-2-9(16)17-4-3-7(11)5-8(12)6-10(13,14)15/h7-8H,2-6H2,1H3. The van der Waals surface area contributed by atoms with Gasteiger partial charge in [0.15, 0.2) is 5.12 Å². The number of alkyl halides is 5. The van der Waals surface area contributed by atoms with Crippen LogP contribution in [0.25, 0.3) is 0 Å². The lowest BCUT2D eigenvalue weighted by atomic mass is 10.1. The van der Waals surface area contributed by atoms with Crippen LogP contribution in [0.15, 0.2) is 0 Å². The minimum absolute atomic E-state index is 0.102. The molecule has 0 aliphatic rings. The Hall–Kier alpha value is -0.330. The Labute approximate surface area is 101 Å². The van der Waals surface area contributed by atoms with E-state index in [1.54, 1.807) is 6.92 Å². The van der Waals surface area contributed by atoms with Crippen molar-refractivity contribution in [1.29, 1.82) is 0 Å². The maximum atomic E-state index is 13.1. The SMILES string of the molecule is CCC(=O)SCCC(F)CC(F)CC(F)(F)F. The van der Waals surface area contributed by atoms with Crippen LogP contribution < -0.4 is 0 Å². The van der Waals surface area contributed by atoms with Crippen molar-refractivity contribution >= 4 is 16.9 Å². The van der Waals surface area contributed by atoms with Gasteiger partial charge in [-0.1, -0.05) is 18.7 Å².